The van der Waals surface area contributed by atoms with Crippen LogP contribution in [-0.4, -0.2) is 19.2 Å². The third-order valence-corrected chi connectivity index (χ3v) is 3.88. The lowest BCUT2D eigenvalue weighted by Gasteiger charge is -2.03. The molecule has 0 radical (unpaired) electrons. The highest BCUT2D eigenvalue weighted by Crippen LogP contribution is 2.19. The Morgan fingerprint density at radius 3 is 2.87 bits per heavy atom. The number of nitrogens with zero attached hydrogens (tertiary/aromatic N) is 2. The first-order chi connectivity index (χ1) is 7.08. The van der Waals surface area contributed by atoms with Crippen molar-refractivity contribution in [1.82, 2.24) is 4.98 Å². The Morgan fingerprint density at radius 2 is 2.27 bits per heavy atom. The summed E-state index contributed by atoms with van der Waals surface area (Å²) in [6, 6.07) is 4.93. The Bertz CT molecular complexity index is 479. The van der Waals surface area contributed by atoms with Gasteiger partial charge in [0.2, 0.25) is 0 Å². The number of rotatable bonds is 4. The summed E-state index contributed by atoms with van der Waals surface area (Å²) in [5.41, 5.74) is 0. The Hall–Kier alpha value is -1.12. The van der Waals surface area contributed by atoms with Crippen LogP contribution in [0.25, 0.3) is 0 Å². The minimum absolute atomic E-state index is 0.0999. The highest BCUT2D eigenvalue weighted by molar-refractivity contribution is 7.91. The number of unbranched alkanes of at least 4 members (excludes halogenated alkanes) is 1. The lowest BCUT2D eigenvalue weighted by Crippen LogP contribution is -2.09. The number of halogens is 1. The van der Waals surface area contributed by atoms with Gasteiger partial charge in [-0.15, -0.1) is 0 Å². The standard InChI is InChI=1S/C9H9ClN2O2S/c10-8-4-3-6-12-9(8)15(13,14)7-2-1-5-11/h3-4,6H,1-2,7H2. The Morgan fingerprint density at radius 1 is 1.53 bits per heavy atom. The van der Waals surface area contributed by atoms with Gasteiger partial charge in [0.15, 0.2) is 14.9 Å². The number of hydrogen-bond acceptors (Lipinski definition) is 4. The average molecular weight is 245 g/mol. The molecule has 1 aromatic heterocycles. The SMILES string of the molecule is N#CCCCS(=O)(=O)c1ncccc1Cl. The van der Waals surface area contributed by atoms with Crippen LogP contribution in [0.5, 0.6) is 0 Å². The summed E-state index contributed by atoms with van der Waals surface area (Å²) in [4.78, 5) is 3.73. The van der Waals surface area contributed by atoms with E-state index in [2.05, 4.69) is 4.98 Å². The second-order valence-corrected chi connectivity index (χ2v) is 5.30. The molecule has 0 atom stereocenters. The van der Waals surface area contributed by atoms with Crippen molar-refractivity contribution < 1.29 is 8.42 Å². The number of pyridine rings is 1. The van der Waals surface area contributed by atoms with E-state index in [0.717, 1.165) is 0 Å². The Kier molecular flexibility index (Phi) is 4.06. The lowest BCUT2D eigenvalue weighted by molar-refractivity contribution is 0.590. The molecule has 0 aliphatic heterocycles. The van der Waals surface area contributed by atoms with E-state index in [1.165, 1.54) is 12.3 Å². The smallest absolute Gasteiger partial charge is 0.197 e. The molecule has 6 heteroatoms. The van der Waals surface area contributed by atoms with Crippen LogP contribution in [0.3, 0.4) is 0 Å². The van der Waals surface area contributed by atoms with Gasteiger partial charge < -0.3 is 0 Å². The maximum Gasteiger partial charge on any atom is 0.197 e. The van der Waals surface area contributed by atoms with Crippen LogP contribution in [0.4, 0.5) is 0 Å². The minimum atomic E-state index is -3.46. The van der Waals surface area contributed by atoms with Crippen LogP contribution in [0, 0.1) is 11.3 Å². The van der Waals surface area contributed by atoms with E-state index in [1.807, 2.05) is 6.07 Å². The summed E-state index contributed by atoms with van der Waals surface area (Å²) in [5, 5.41) is 8.31. The molecule has 0 saturated carbocycles. The predicted octanol–water partition coefficient (Wildman–Crippen LogP) is 1.81. The van der Waals surface area contributed by atoms with Crippen molar-refractivity contribution in [1.29, 1.82) is 5.26 Å². The van der Waals surface area contributed by atoms with Gasteiger partial charge in [-0.05, 0) is 18.6 Å². The molecular weight excluding hydrogens is 236 g/mol. The fourth-order valence-electron chi connectivity index (χ4n) is 1.04. The van der Waals surface area contributed by atoms with Crippen molar-refractivity contribution in [3.8, 4) is 6.07 Å². The molecule has 0 saturated heterocycles. The van der Waals surface area contributed by atoms with Crippen LogP contribution < -0.4 is 0 Å². The second kappa shape index (κ2) is 5.10. The zero-order valence-electron chi connectivity index (χ0n) is 7.85. The topological polar surface area (TPSA) is 70.8 Å². The molecule has 0 aromatic carbocycles. The fourth-order valence-corrected chi connectivity index (χ4v) is 2.82. The molecule has 0 unspecified atom stereocenters. The highest BCUT2D eigenvalue weighted by atomic mass is 35.5. The molecular formula is C9H9ClN2O2S. The van der Waals surface area contributed by atoms with Crippen molar-refractivity contribution in [3.63, 3.8) is 0 Å². The van der Waals surface area contributed by atoms with Crippen molar-refractivity contribution in [2.24, 2.45) is 0 Å². The molecule has 15 heavy (non-hydrogen) atoms. The summed E-state index contributed by atoms with van der Waals surface area (Å²) in [5.74, 6) is -0.0999. The maximum atomic E-state index is 11.7. The van der Waals surface area contributed by atoms with Gasteiger partial charge in [0.1, 0.15) is 0 Å². The molecule has 1 aromatic rings. The highest BCUT2D eigenvalue weighted by Gasteiger charge is 2.18. The van der Waals surface area contributed by atoms with E-state index in [9.17, 15) is 8.42 Å². The van der Waals surface area contributed by atoms with Gasteiger partial charge in [-0.2, -0.15) is 5.26 Å². The molecule has 1 heterocycles. The van der Waals surface area contributed by atoms with E-state index in [0.29, 0.717) is 6.42 Å². The lowest BCUT2D eigenvalue weighted by atomic mass is 10.4. The number of sulfone groups is 1. The molecule has 0 aliphatic carbocycles. The first-order valence-corrected chi connectivity index (χ1v) is 6.31. The summed E-state index contributed by atoms with van der Waals surface area (Å²) < 4.78 is 23.3. The van der Waals surface area contributed by atoms with Crippen molar-refractivity contribution >= 4 is 21.4 Å². The average Bonchev–Trinajstić information content (AvgIpc) is 2.18. The third kappa shape index (κ3) is 3.18. The van der Waals surface area contributed by atoms with Gasteiger partial charge in [-0.3, -0.25) is 0 Å². The molecule has 0 N–H and O–H groups in total. The first kappa shape index (κ1) is 12.0. The van der Waals surface area contributed by atoms with Gasteiger partial charge >= 0.3 is 0 Å². The largest absolute Gasteiger partial charge is 0.243 e. The zero-order valence-corrected chi connectivity index (χ0v) is 9.42. The number of aromatic nitrogens is 1. The van der Waals surface area contributed by atoms with Crippen LogP contribution in [0.2, 0.25) is 5.02 Å². The predicted molar refractivity (Wildman–Crippen MR) is 56.1 cm³/mol. The second-order valence-electron chi connectivity index (χ2n) is 2.87. The zero-order chi connectivity index (χ0) is 11.3. The van der Waals surface area contributed by atoms with Crippen LogP contribution in [0.15, 0.2) is 23.4 Å². The molecule has 1 rings (SSSR count). The van der Waals surface area contributed by atoms with E-state index in [1.54, 1.807) is 6.07 Å². The monoisotopic (exact) mass is 244 g/mol. The molecule has 0 aliphatic rings. The Balaban J connectivity index is 2.88. The van der Waals surface area contributed by atoms with E-state index in [-0.39, 0.29) is 22.2 Å². The summed E-state index contributed by atoms with van der Waals surface area (Å²) in [6.07, 6.45) is 1.89. The van der Waals surface area contributed by atoms with Crippen molar-refractivity contribution in [2.75, 3.05) is 5.75 Å². The van der Waals surface area contributed by atoms with Gasteiger partial charge in [-0.25, -0.2) is 13.4 Å². The molecule has 0 spiro atoms. The van der Waals surface area contributed by atoms with Crippen LogP contribution in [-0.2, 0) is 9.84 Å². The van der Waals surface area contributed by atoms with Gasteiger partial charge in [0.25, 0.3) is 0 Å². The molecule has 4 nitrogen and oxygen atoms in total. The maximum absolute atomic E-state index is 11.7. The fraction of sp³-hybridized carbons (Fsp3) is 0.333. The molecule has 80 valence electrons. The van der Waals surface area contributed by atoms with Gasteiger partial charge in [0.05, 0.1) is 16.8 Å². The quantitative estimate of drug-likeness (QED) is 0.758. The van der Waals surface area contributed by atoms with E-state index >= 15 is 0 Å². The van der Waals surface area contributed by atoms with Crippen LogP contribution >= 0.6 is 11.6 Å². The third-order valence-electron chi connectivity index (χ3n) is 1.72. The molecule has 0 amide bonds. The number of hydrogen-bond donors (Lipinski definition) is 0. The summed E-state index contributed by atoms with van der Waals surface area (Å²) in [6.45, 7) is 0. The summed E-state index contributed by atoms with van der Waals surface area (Å²) >= 11 is 5.71. The van der Waals surface area contributed by atoms with Gasteiger partial charge in [0, 0.05) is 12.6 Å². The molecule has 0 fully saturated rings. The molecule has 0 bridgehead atoms. The van der Waals surface area contributed by atoms with Crippen molar-refractivity contribution in [2.45, 2.75) is 17.9 Å². The van der Waals surface area contributed by atoms with Crippen molar-refractivity contribution in [3.05, 3.63) is 23.4 Å². The summed E-state index contributed by atoms with van der Waals surface area (Å²) in [7, 11) is -3.46. The number of nitriles is 1. The van der Waals surface area contributed by atoms with E-state index < -0.39 is 9.84 Å². The minimum Gasteiger partial charge on any atom is -0.243 e. The normalized spacial score (nSPS) is 10.9. The Labute approximate surface area is 93.4 Å². The van der Waals surface area contributed by atoms with E-state index in [4.69, 9.17) is 16.9 Å². The first-order valence-electron chi connectivity index (χ1n) is 4.28. The van der Waals surface area contributed by atoms with Crippen LogP contribution in [0.1, 0.15) is 12.8 Å². The van der Waals surface area contributed by atoms with Gasteiger partial charge in [-0.1, -0.05) is 11.6 Å².